The second kappa shape index (κ2) is 8.25. The molecule has 2 atom stereocenters. The molecule has 4 nitrogen and oxygen atoms in total. The van der Waals surface area contributed by atoms with Crippen molar-refractivity contribution in [2.24, 2.45) is 5.92 Å². The predicted octanol–water partition coefficient (Wildman–Crippen LogP) is 2.22. The number of benzene rings is 1. The van der Waals surface area contributed by atoms with Crippen LogP contribution in [0.1, 0.15) is 24.5 Å². The lowest BCUT2D eigenvalue weighted by atomic mass is 9.95. The molecule has 0 saturated carbocycles. The second-order valence-corrected chi connectivity index (χ2v) is 5.70. The summed E-state index contributed by atoms with van der Waals surface area (Å²) in [6.45, 7) is 8.13. The Morgan fingerprint density at radius 3 is 2.90 bits per heavy atom. The van der Waals surface area contributed by atoms with Gasteiger partial charge in [-0.05, 0) is 49.9 Å². The summed E-state index contributed by atoms with van der Waals surface area (Å²) in [5.74, 6) is 1.25. The molecule has 21 heavy (non-hydrogen) atoms. The average Bonchev–Trinajstić information content (AvgIpc) is 2.42. The molecule has 5 heteroatoms. The Morgan fingerprint density at radius 2 is 2.19 bits per heavy atom. The van der Waals surface area contributed by atoms with Gasteiger partial charge in [0.15, 0.2) is 6.61 Å². The van der Waals surface area contributed by atoms with E-state index >= 15 is 0 Å². The molecule has 1 fully saturated rings. The molecule has 1 heterocycles. The molecule has 2 N–H and O–H groups in total. The summed E-state index contributed by atoms with van der Waals surface area (Å²) in [6, 6.07) is 6.22. The van der Waals surface area contributed by atoms with Crippen molar-refractivity contribution in [2.45, 2.75) is 33.2 Å². The number of piperidine rings is 1. The third-order valence-electron chi connectivity index (χ3n) is 3.88. The van der Waals surface area contributed by atoms with Crippen LogP contribution in [-0.4, -0.2) is 31.6 Å². The Bertz CT molecular complexity index is 479. The summed E-state index contributed by atoms with van der Waals surface area (Å²) in [6.07, 6.45) is 1.10. The maximum Gasteiger partial charge on any atom is 0.258 e. The first kappa shape index (κ1) is 17.8. The zero-order chi connectivity index (χ0) is 14.5. The van der Waals surface area contributed by atoms with Crippen molar-refractivity contribution in [3.05, 3.63) is 29.3 Å². The van der Waals surface area contributed by atoms with Crippen LogP contribution in [0, 0.1) is 19.8 Å². The maximum absolute atomic E-state index is 12.0. The highest BCUT2D eigenvalue weighted by atomic mass is 35.5. The third kappa shape index (κ3) is 5.21. The molecule has 0 bridgehead atoms. The molecule has 1 saturated heterocycles. The number of halogens is 1. The fourth-order valence-corrected chi connectivity index (χ4v) is 2.44. The summed E-state index contributed by atoms with van der Waals surface area (Å²) < 4.78 is 5.62. The van der Waals surface area contributed by atoms with E-state index in [1.54, 1.807) is 0 Å². The molecule has 1 aliphatic rings. The van der Waals surface area contributed by atoms with E-state index in [2.05, 4.69) is 17.6 Å². The van der Waals surface area contributed by atoms with Crippen molar-refractivity contribution < 1.29 is 9.53 Å². The van der Waals surface area contributed by atoms with Crippen molar-refractivity contribution >= 4 is 18.3 Å². The van der Waals surface area contributed by atoms with Gasteiger partial charge in [0.25, 0.3) is 5.91 Å². The summed E-state index contributed by atoms with van der Waals surface area (Å²) in [7, 11) is 0. The van der Waals surface area contributed by atoms with Crippen LogP contribution in [0.5, 0.6) is 5.75 Å². The topological polar surface area (TPSA) is 50.4 Å². The fraction of sp³-hybridized carbons (Fsp3) is 0.562. The number of hydrogen-bond acceptors (Lipinski definition) is 3. The molecule has 0 aliphatic carbocycles. The number of hydrogen-bond donors (Lipinski definition) is 2. The van der Waals surface area contributed by atoms with E-state index in [0.717, 1.165) is 36.4 Å². The molecular formula is C16H25ClN2O2. The molecule has 0 aromatic heterocycles. The first-order valence-electron chi connectivity index (χ1n) is 7.26. The lowest BCUT2D eigenvalue weighted by molar-refractivity contribution is -0.124. The summed E-state index contributed by atoms with van der Waals surface area (Å²) in [5, 5.41) is 6.35. The standard InChI is InChI=1S/C16H24N2O2.ClH/c1-11-4-5-13(3)15(8-11)20-10-16(19)18-14-9-17-7-6-12(14)2;/h4-5,8,12,14,17H,6-7,9-10H2,1-3H3,(H,18,19);1H. The van der Waals surface area contributed by atoms with Gasteiger partial charge in [-0.25, -0.2) is 0 Å². The minimum Gasteiger partial charge on any atom is -0.483 e. The van der Waals surface area contributed by atoms with Gasteiger partial charge in [0.05, 0.1) is 0 Å². The molecule has 1 aromatic rings. The normalized spacial score (nSPS) is 21.3. The van der Waals surface area contributed by atoms with Gasteiger partial charge >= 0.3 is 0 Å². The summed E-state index contributed by atoms with van der Waals surface area (Å²) >= 11 is 0. The van der Waals surface area contributed by atoms with E-state index in [0.29, 0.717) is 5.92 Å². The van der Waals surface area contributed by atoms with Crippen molar-refractivity contribution in [3.8, 4) is 5.75 Å². The lowest BCUT2D eigenvalue weighted by Crippen LogP contribution is -2.51. The number of carbonyl (C=O) groups is 1. The van der Waals surface area contributed by atoms with Gasteiger partial charge in [0, 0.05) is 12.6 Å². The quantitative estimate of drug-likeness (QED) is 0.896. The van der Waals surface area contributed by atoms with Gasteiger partial charge in [0.1, 0.15) is 5.75 Å². The number of rotatable bonds is 4. The highest BCUT2D eigenvalue weighted by Crippen LogP contribution is 2.19. The number of nitrogens with one attached hydrogen (secondary N) is 2. The molecule has 2 rings (SSSR count). The smallest absolute Gasteiger partial charge is 0.258 e. The highest BCUT2D eigenvalue weighted by molar-refractivity contribution is 5.85. The Kier molecular flexibility index (Phi) is 6.99. The minimum absolute atomic E-state index is 0. The van der Waals surface area contributed by atoms with E-state index < -0.39 is 0 Å². The van der Waals surface area contributed by atoms with Crippen molar-refractivity contribution in [3.63, 3.8) is 0 Å². The molecule has 1 aromatic carbocycles. The number of carbonyl (C=O) groups excluding carboxylic acids is 1. The van der Waals surface area contributed by atoms with E-state index in [-0.39, 0.29) is 31.0 Å². The summed E-state index contributed by atoms with van der Waals surface area (Å²) in [4.78, 5) is 12.0. The first-order chi connectivity index (χ1) is 9.56. The van der Waals surface area contributed by atoms with Crippen LogP contribution in [-0.2, 0) is 4.79 Å². The van der Waals surface area contributed by atoms with E-state index in [1.165, 1.54) is 0 Å². The molecule has 1 aliphatic heterocycles. The van der Waals surface area contributed by atoms with Crippen molar-refractivity contribution in [1.82, 2.24) is 10.6 Å². The number of aryl methyl sites for hydroxylation is 2. The van der Waals surface area contributed by atoms with Gasteiger partial charge in [-0.3, -0.25) is 4.79 Å². The summed E-state index contributed by atoms with van der Waals surface area (Å²) in [5.41, 5.74) is 2.19. The van der Waals surface area contributed by atoms with Crippen molar-refractivity contribution in [2.75, 3.05) is 19.7 Å². The zero-order valence-electron chi connectivity index (χ0n) is 12.9. The van der Waals surface area contributed by atoms with Crippen LogP contribution >= 0.6 is 12.4 Å². The Morgan fingerprint density at radius 1 is 1.43 bits per heavy atom. The van der Waals surface area contributed by atoms with Gasteiger partial charge in [-0.1, -0.05) is 19.1 Å². The highest BCUT2D eigenvalue weighted by Gasteiger charge is 2.22. The molecular weight excluding hydrogens is 288 g/mol. The maximum atomic E-state index is 12.0. The zero-order valence-corrected chi connectivity index (χ0v) is 13.8. The van der Waals surface area contributed by atoms with E-state index in [4.69, 9.17) is 4.74 Å². The molecule has 2 unspecified atom stereocenters. The molecule has 0 radical (unpaired) electrons. The van der Waals surface area contributed by atoms with Gasteiger partial charge in [0.2, 0.25) is 0 Å². The average molecular weight is 313 g/mol. The Balaban J connectivity index is 0.00000220. The van der Waals surface area contributed by atoms with Crippen LogP contribution in [0.2, 0.25) is 0 Å². The molecule has 1 amide bonds. The van der Waals surface area contributed by atoms with Crippen LogP contribution < -0.4 is 15.4 Å². The lowest BCUT2D eigenvalue weighted by Gasteiger charge is -2.30. The minimum atomic E-state index is -0.0496. The van der Waals surface area contributed by atoms with Crippen molar-refractivity contribution in [1.29, 1.82) is 0 Å². The molecule has 118 valence electrons. The van der Waals surface area contributed by atoms with E-state index in [1.807, 2.05) is 32.0 Å². The van der Waals surface area contributed by atoms with Gasteiger partial charge < -0.3 is 15.4 Å². The fourth-order valence-electron chi connectivity index (χ4n) is 2.44. The van der Waals surface area contributed by atoms with Crippen LogP contribution in [0.25, 0.3) is 0 Å². The number of amides is 1. The SMILES string of the molecule is Cc1ccc(C)c(OCC(=O)NC2CNCCC2C)c1.Cl. The predicted molar refractivity (Wildman–Crippen MR) is 87.2 cm³/mol. The van der Waals surface area contributed by atoms with Crippen LogP contribution in [0.15, 0.2) is 18.2 Å². The largest absolute Gasteiger partial charge is 0.483 e. The van der Waals surface area contributed by atoms with Gasteiger partial charge in [-0.2, -0.15) is 0 Å². The molecule has 0 spiro atoms. The van der Waals surface area contributed by atoms with E-state index in [9.17, 15) is 4.79 Å². The van der Waals surface area contributed by atoms with Crippen LogP contribution in [0.4, 0.5) is 0 Å². The first-order valence-corrected chi connectivity index (χ1v) is 7.26. The van der Waals surface area contributed by atoms with Gasteiger partial charge in [-0.15, -0.1) is 12.4 Å². The Labute approximate surface area is 133 Å². The third-order valence-corrected chi connectivity index (χ3v) is 3.88. The monoisotopic (exact) mass is 312 g/mol. The second-order valence-electron chi connectivity index (χ2n) is 5.70. The van der Waals surface area contributed by atoms with Crippen LogP contribution in [0.3, 0.4) is 0 Å². The Hall–Kier alpha value is -1.26. The number of ether oxygens (including phenoxy) is 1.